The van der Waals surface area contributed by atoms with E-state index in [1.807, 2.05) is 0 Å². The minimum Gasteiger partial charge on any atom is -0.433 e. The Labute approximate surface area is 176 Å². The van der Waals surface area contributed by atoms with Crippen LogP contribution in [0.5, 0.6) is 5.75 Å². The van der Waals surface area contributed by atoms with E-state index in [9.17, 15) is 18.0 Å². The average Bonchev–Trinajstić information content (AvgIpc) is 2.94. The van der Waals surface area contributed by atoms with Crippen molar-refractivity contribution >= 4 is 29.5 Å². The maximum Gasteiger partial charge on any atom is 0.387 e. The Kier molecular flexibility index (Phi) is 6.36. The number of hydrogen-bond donors (Lipinski definition) is 1. The van der Waals surface area contributed by atoms with Crippen LogP contribution in [0.3, 0.4) is 0 Å². The number of ether oxygens (including phenoxy) is 1. The Balaban J connectivity index is 2.15. The van der Waals surface area contributed by atoms with Gasteiger partial charge in [-0.05, 0) is 41.3 Å². The van der Waals surface area contributed by atoms with Crippen molar-refractivity contribution in [2.24, 2.45) is 10.7 Å². The highest BCUT2D eigenvalue weighted by Gasteiger charge is 2.49. The minimum atomic E-state index is -3.04. The number of hydrogen-bond acceptors (Lipinski definition) is 4. The van der Waals surface area contributed by atoms with E-state index >= 15 is 0 Å². The van der Waals surface area contributed by atoms with Crippen molar-refractivity contribution in [1.29, 1.82) is 0 Å². The number of alkyl halides is 3. The number of rotatable bonds is 7. The van der Waals surface area contributed by atoms with Crippen LogP contribution < -0.4 is 10.5 Å². The number of halogens is 4. The van der Waals surface area contributed by atoms with E-state index in [2.05, 4.69) is 9.73 Å². The van der Waals surface area contributed by atoms with Gasteiger partial charge in [0.25, 0.3) is 5.91 Å². The molecule has 1 aliphatic rings. The fourth-order valence-corrected chi connectivity index (χ4v) is 3.48. The molecular formula is C21H19ClF3N3O2. The number of likely N-dealkylation sites (N-methyl/N-ethyl adjacent to an activating group) is 1. The number of nitrogens with zero attached hydrogens (tertiary/aromatic N) is 2. The third-order valence-corrected chi connectivity index (χ3v) is 4.99. The van der Waals surface area contributed by atoms with Crippen molar-refractivity contribution in [2.45, 2.75) is 18.6 Å². The molecule has 1 aliphatic heterocycles. The van der Waals surface area contributed by atoms with Crippen molar-refractivity contribution in [1.82, 2.24) is 4.90 Å². The molecule has 0 aromatic heterocycles. The summed E-state index contributed by atoms with van der Waals surface area (Å²) in [6.45, 7) is -3.52. The molecule has 5 nitrogen and oxygen atoms in total. The summed E-state index contributed by atoms with van der Waals surface area (Å²) in [5.41, 5.74) is 5.97. The van der Waals surface area contributed by atoms with Crippen LogP contribution in [0.2, 0.25) is 5.02 Å². The first kappa shape index (κ1) is 21.7. The molecule has 2 aromatic carbocycles. The summed E-state index contributed by atoms with van der Waals surface area (Å²) >= 11 is 6.13. The number of nitrogens with two attached hydrogens (primary N) is 1. The largest absolute Gasteiger partial charge is 0.433 e. The van der Waals surface area contributed by atoms with Gasteiger partial charge in [0.1, 0.15) is 5.75 Å². The van der Waals surface area contributed by atoms with Crippen molar-refractivity contribution in [3.8, 4) is 5.75 Å². The predicted molar refractivity (Wildman–Crippen MR) is 109 cm³/mol. The summed E-state index contributed by atoms with van der Waals surface area (Å²) in [6.07, 6.45) is 3.68. The monoisotopic (exact) mass is 437 g/mol. The standard InChI is InChI=1S/C21H19ClF3N3O2/c1-28-18(29)21(27-20(28)26,14-7-4-6-13(11-14)5-2-3-10-23)15-8-9-17(16(22)12-15)30-19(24)25/h2,4-9,11-12,19H,3,10H2,1H3,(H2,26,27)/b5-2+. The second-order valence-corrected chi connectivity index (χ2v) is 6.98. The van der Waals surface area contributed by atoms with Crippen LogP contribution in [0.4, 0.5) is 13.2 Å². The molecule has 158 valence electrons. The maximum atomic E-state index is 13.3. The molecule has 0 fully saturated rings. The number of guanidine groups is 1. The van der Waals surface area contributed by atoms with Crippen molar-refractivity contribution in [2.75, 3.05) is 13.7 Å². The molecule has 0 saturated heterocycles. The number of amides is 1. The van der Waals surface area contributed by atoms with E-state index in [-0.39, 0.29) is 23.2 Å². The summed E-state index contributed by atoms with van der Waals surface area (Å²) in [7, 11) is 1.49. The zero-order valence-corrected chi connectivity index (χ0v) is 16.7. The van der Waals surface area contributed by atoms with Crippen molar-refractivity contribution in [3.63, 3.8) is 0 Å². The lowest BCUT2D eigenvalue weighted by atomic mass is 9.82. The molecule has 1 amide bonds. The van der Waals surface area contributed by atoms with Crippen LogP contribution in [-0.4, -0.2) is 37.1 Å². The molecule has 0 aliphatic carbocycles. The molecule has 9 heteroatoms. The topological polar surface area (TPSA) is 67.9 Å². The quantitative estimate of drug-likeness (QED) is 0.700. The second-order valence-electron chi connectivity index (χ2n) is 6.57. The molecule has 2 aromatic rings. The highest BCUT2D eigenvalue weighted by molar-refractivity contribution is 6.32. The maximum absolute atomic E-state index is 13.3. The van der Waals surface area contributed by atoms with Crippen LogP contribution >= 0.6 is 11.6 Å². The highest BCUT2D eigenvalue weighted by Crippen LogP contribution is 2.42. The van der Waals surface area contributed by atoms with E-state index in [0.29, 0.717) is 11.1 Å². The fraction of sp³-hybridized carbons (Fsp3) is 0.238. The van der Waals surface area contributed by atoms with Gasteiger partial charge in [-0.1, -0.05) is 48.0 Å². The van der Waals surface area contributed by atoms with Gasteiger partial charge in [0, 0.05) is 7.05 Å². The zero-order valence-electron chi connectivity index (χ0n) is 16.0. The van der Waals surface area contributed by atoms with Crippen molar-refractivity contribution < 1.29 is 22.7 Å². The van der Waals surface area contributed by atoms with Gasteiger partial charge in [-0.15, -0.1) is 0 Å². The lowest BCUT2D eigenvalue weighted by Crippen LogP contribution is -2.41. The average molecular weight is 438 g/mol. The molecule has 0 spiro atoms. The fourth-order valence-electron chi connectivity index (χ4n) is 3.25. The van der Waals surface area contributed by atoms with Crippen LogP contribution in [-0.2, 0) is 10.3 Å². The first-order valence-corrected chi connectivity index (χ1v) is 9.38. The van der Waals surface area contributed by atoms with Gasteiger partial charge in [0.15, 0.2) is 11.5 Å². The third-order valence-electron chi connectivity index (χ3n) is 4.70. The molecule has 1 atom stereocenters. The molecule has 0 radical (unpaired) electrons. The first-order valence-electron chi connectivity index (χ1n) is 9.01. The zero-order chi connectivity index (χ0) is 21.9. The Morgan fingerprint density at radius 1 is 1.27 bits per heavy atom. The molecule has 1 heterocycles. The Bertz CT molecular complexity index is 1010. The van der Waals surface area contributed by atoms with Gasteiger partial charge in [-0.25, -0.2) is 4.99 Å². The van der Waals surface area contributed by atoms with Gasteiger partial charge < -0.3 is 10.5 Å². The second kappa shape index (κ2) is 8.79. The normalized spacial score (nSPS) is 19.1. The lowest BCUT2D eigenvalue weighted by Gasteiger charge is -2.27. The van der Waals surface area contributed by atoms with Crippen molar-refractivity contribution in [3.05, 3.63) is 70.3 Å². The molecule has 2 N–H and O–H groups in total. The Morgan fingerprint density at radius 2 is 2.00 bits per heavy atom. The molecule has 1 unspecified atom stereocenters. The summed E-state index contributed by atoms with van der Waals surface area (Å²) in [5.74, 6) is -0.643. The first-order chi connectivity index (χ1) is 14.3. The SMILES string of the molecule is CN1C(=O)C(c2cccc(/C=C/CCF)c2)(c2ccc(OC(F)F)c(Cl)c2)N=C1N. The molecule has 0 saturated carbocycles. The van der Waals surface area contributed by atoms with E-state index in [0.717, 1.165) is 5.56 Å². The number of aliphatic imine (C=N–C) groups is 1. The van der Waals surface area contributed by atoms with Crippen LogP contribution in [0.1, 0.15) is 23.1 Å². The van der Waals surface area contributed by atoms with Crippen LogP contribution in [0.15, 0.2) is 53.5 Å². The Morgan fingerprint density at radius 3 is 2.60 bits per heavy atom. The molecule has 3 rings (SSSR count). The number of carbonyl (C=O) groups is 1. The summed E-state index contributed by atoms with van der Waals surface area (Å²) in [5, 5.41) is -0.0951. The smallest absolute Gasteiger partial charge is 0.387 e. The summed E-state index contributed by atoms with van der Waals surface area (Å²) < 4.78 is 41.9. The highest BCUT2D eigenvalue weighted by atomic mass is 35.5. The van der Waals surface area contributed by atoms with Gasteiger partial charge in [0.05, 0.1) is 11.7 Å². The summed E-state index contributed by atoms with van der Waals surface area (Å²) in [4.78, 5) is 18.9. The Hall–Kier alpha value is -3.00. The van der Waals surface area contributed by atoms with Crippen LogP contribution in [0.25, 0.3) is 6.08 Å². The third kappa shape index (κ3) is 4.00. The summed E-state index contributed by atoms with van der Waals surface area (Å²) in [6, 6.07) is 11.0. The predicted octanol–water partition coefficient (Wildman–Crippen LogP) is 4.34. The number of benzene rings is 2. The van der Waals surface area contributed by atoms with E-state index in [1.165, 1.54) is 30.1 Å². The molecule has 30 heavy (non-hydrogen) atoms. The molecule has 0 bridgehead atoms. The minimum absolute atomic E-state index is 0.00223. The molecular weight excluding hydrogens is 419 g/mol. The number of allylic oxidation sites excluding steroid dienone is 1. The van der Waals surface area contributed by atoms with Crippen LogP contribution in [0, 0.1) is 0 Å². The van der Waals surface area contributed by atoms with Gasteiger partial charge in [-0.2, -0.15) is 8.78 Å². The number of carbonyl (C=O) groups excluding carboxylic acids is 1. The van der Waals surface area contributed by atoms with E-state index in [1.54, 1.807) is 36.4 Å². The lowest BCUT2D eigenvalue weighted by molar-refractivity contribution is -0.129. The van der Waals surface area contributed by atoms with Gasteiger partial charge >= 0.3 is 6.61 Å². The van der Waals surface area contributed by atoms with E-state index < -0.39 is 24.7 Å². The van der Waals surface area contributed by atoms with Gasteiger partial charge in [-0.3, -0.25) is 14.1 Å². The van der Waals surface area contributed by atoms with Gasteiger partial charge in [0.2, 0.25) is 0 Å². The van der Waals surface area contributed by atoms with E-state index in [4.69, 9.17) is 17.3 Å².